The van der Waals surface area contributed by atoms with Crippen LogP contribution in [0.15, 0.2) is 15.2 Å². The van der Waals surface area contributed by atoms with Crippen LogP contribution in [0.5, 0.6) is 0 Å². The van der Waals surface area contributed by atoms with Gasteiger partial charge < -0.3 is 10.2 Å². The van der Waals surface area contributed by atoms with Gasteiger partial charge in [-0.1, -0.05) is 6.92 Å². The highest BCUT2D eigenvalue weighted by molar-refractivity contribution is 9.11. The van der Waals surface area contributed by atoms with Gasteiger partial charge in [-0.05, 0) is 35.6 Å². The first kappa shape index (κ1) is 12.7. The van der Waals surface area contributed by atoms with Crippen molar-refractivity contribution in [3.05, 3.63) is 20.8 Å². The van der Waals surface area contributed by atoms with Gasteiger partial charge in [0.15, 0.2) is 0 Å². The molecular weight excluding hydrogens is 276 g/mol. The normalized spacial score (nSPS) is 10.7. The maximum atomic E-state index is 11.6. The average molecular weight is 291 g/mol. The van der Waals surface area contributed by atoms with E-state index in [1.165, 1.54) is 11.3 Å². The van der Waals surface area contributed by atoms with E-state index in [1.54, 1.807) is 0 Å². The summed E-state index contributed by atoms with van der Waals surface area (Å²) in [4.78, 5) is 13.7. The number of amides is 1. The molecule has 0 aromatic carbocycles. The molecule has 0 saturated heterocycles. The summed E-state index contributed by atoms with van der Waals surface area (Å²) in [6, 6.07) is 1.84. The Hall–Kier alpha value is -0.390. The third-order valence-corrected chi connectivity index (χ3v) is 3.65. The lowest BCUT2D eigenvalue weighted by Gasteiger charge is -2.13. The molecule has 0 bridgehead atoms. The highest BCUT2D eigenvalue weighted by Gasteiger charge is 2.06. The molecule has 0 atom stereocenters. The Morgan fingerprint density at radius 3 is 2.93 bits per heavy atom. The van der Waals surface area contributed by atoms with Crippen LogP contribution in [0.2, 0.25) is 0 Å². The van der Waals surface area contributed by atoms with E-state index in [0.717, 1.165) is 22.4 Å². The fourth-order valence-electron chi connectivity index (χ4n) is 1.05. The summed E-state index contributed by atoms with van der Waals surface area (Å²) >= 11 is 4.86. The van der Waals surface area contributed by atoms with Crippen molar-refractivity contribution in [3.8, 4) is 0 Å². The first-order valence-electron chi connectivity index (χ1n) is 4.84. The monoisotopic (exact) mass is 290 g/mol. The van der Waals surface area contributed by atoms with Gasteiger partial charge in [0.25, 0.3) is 5.91 Å². The van der Waals surface area contributed by atoms with Gasteiger partial charge in [0.05, 0.1) is 9.35 Å². The second-order valence-electron chi connectivity index (χ2n) is 3.29. The van der Waals surface area contributed by atoms with Crippen LogP contribution in [-0.2, 0) is 0 Å². The number of hydrogen-bond acceptors (Lipinski definition) is 3. The molecule has 1 rings (SSSR count). The number of thiophene rings is 1. The molecule has 0 saturated carbocycles. The van der Waals surface area contributed by atoms with Crippen molar-refractivity contribution < 1.29 is 4.79 Å². The van der Waals surface area contributed by atoms with Crippen LogP contribution < -0.4 is 5.32 Å². The Morgan fingerprint density at radius 2 is 2.40 bits per heavy atom. The van der Waals surface area contributed by atoms with Crippen molar-refractivity contribution >= 4 is 33.2 Å². The topological polar surface area (TPSA) is 32.3 Å². The van der Waals surface area contributed by atoms with Gasteiger partial charge in [-0.25, -0.2) is 0 Å². The Kier molecular flexibility index (Phi) is 5.28. The molecule has 0 aliphatic rings. The zero-order valence-corrected chi connectivity index (χ0v) is 11.3. The highest BCUT2D eigenvalue weighted by atomic mass is 79.9. The summed E-state index contributed by atoms with van der Waals surface area (Å²) in [5.74, 6) is 0.00135. The van der Waals surface area contributed by atoms with Crippen molar-refractivity contribution in [1.82, 2.24) is 10.2 Å². The Bertz CT molecular complexity index is 327. The fourth-order valence-corrected chi connectivity index (χ4v) is 2.19. The first-order chi connectivity index (χ1) is 7.13. The molecule has 5 heteroatoms. The summed E-state index contributed by atoms with van der Waals surface area (Å²) in [5.41, 5.74) is 0.728. The molecule has 15 heavy (non-hydrogen) atoms. The molecule has 0 aliphatic carbocycles. The minimum Gasteiger partial charge on any atom is -0.351 e. The van der Waals surface area contributed by atoms with Crippen molar-refractivity contribution in [2.24, 2.45) is 0 Å². The third kappa shape index (κ3) is 4.32. The number of halogens is 1. The van der Waals surface area contributed by atoms with Crippen molar-refractivity contribution in [2.75, 3.05) is 26.7 Å². The first-order valence-corrected chi connectivity index (χ1v) is 6.51. The van der Waals surface area contributed by atoms with Crippen LogP contribution in [0.3, 0.4) is 0 Å². The maximum absolute atomic E-state index is 11.6. The number of nitrogens with zero attached hydrogens (tertiary/aromatic N) is 1. The van der Waals surface area contributed by atoms with Crippen molar-refractivity contribution in [2.45, 2.75) is 6.92 Å². The molecule has 1 amide bonds. The standard InChI is InChI=1S/C10H15BrN2OS/c1-3-13(2)5-4-12-10(14)8-6-9(11)15-7-8/h6-7H,3-5H2,1-2H3,(H,12,14). The molecule has 0 fully saturated rings. The zero-order chi connectivity index (χ0) is 11.3. The molecule has 0 radical (unpaired) electrons. The molecule has 1 aromatic heterocycles. The summed E-state index contributed by atoms with van der Waals surface area (Å²) in [6.45, 7) is 4.67. The van der Waals surface area contributed by atoms with E-state index in [4.69, 9.17) is 0 Å². The van der Waals surface area contributed by atoms with E-state index in [-0.39, 0.29) is 5.91 Å². The highest BCUT2D eigenvalue weighted by Crippen LogP contribution is 2.20. The molecule has 0 unspecified atom stereocenters. The largest absolute Gasteiger partial charge is 0.351 e. The maximum Gasteiger partial charge on any atom is 0.252 e. The van der Waals surface area contributed by atoms with Crippen LogP contribution in [-0.4, -0.2) is 37.5 Å². The van der Waals surface area contributed by atoms with Crippen LogP contribution in [0, 0.1) is 0 Å². The van der Waals surface area contributed by atoms with Gasteiger partial charge in [-0.2, -0.15) is 0 Å². The Morgan fingerprint density at radius 1 is 1.67 bits per heavy atom. The minimum absolute atomic E-state index is 0.00135. The predicted octanol–water partition coefficient (Wildman–Crippen LogP) is 2.19. The average Bonchev–Trinajstić information content (AvgIpc) is 2.64. The van der Waals surface area contributed by atoms with Gasteiger partial charge >= 0.3 is 0 Å². The number of rotatable bonds is 5. The number of carbonyl (C=O) groups is 1. The summed E-state index contributed by atoms with van der Waals surface area (Å²) in [6.07, 6.45) is 0. The Balaban J connectivity index is 2.31. The number of hydrogen-bond donors (Lipinski definition) is 1. The zero-order valence-electron chi connectivity index (χ0n) is 8.92. The summed E-state index contributed by atoms with van der Waals surface area (Å²) in [7, 11) is 2.04. The molecule has 1 aromatic rings. The van der Waals surface area contributed by atoms with Gasteiger partial charge in [0.2, 0.25) is 0 Å². The number of nitrogens with one attached hydrogen (secondary N) is 1. The van der Waals surface area contributed by atoms with Gasteiger partial charge in [-0.15, -0.1) is 11.3 Å². The Labute approximate surface area is 103 Å². The molecular formula is C10H15BrN2OS. The molecule has 3 nitrogen and oxygen atoms in total. The van der Waals surface area contributed by atoms with E-state index >= 15 is 0 Å². The van der Waals surface area contributed by atoms with Crippen LogP contribution in [0.25, 0.3) is 0 Å². The van der Waals surface area contributed by atoms with Gasteiger partial charge in [-0.3, -0.25) is 4.79 Å². The molecule has 1 N–H and O–H groups in total. The van der Waals surface area contributed by atoms with E-state index in [9.17, 15) is 4.79 Å². The summed E-state index contributed by atoms with van der Waals surface area (Å²) in [5, 5.41) is 4.73. The van der Waals surface area contributed by atoms with Crippen LogP contribution in [0.4, 0.5) is 0 Å². The van der Waals surface area contributed by atoms with Gasteiger partial charge in [0.1, 0.15) is 0 Å². The van der Waals surface area contributed by atoms with Gasteiger partial charge in [0, 0.05) is 18.5 Å². The van der Waals surface area contributed by atoms with Crippen molar-refractivity contribution in [3.63, 3.8) is 0 Å². The van der Waals surface area contributed by atoms with E-state index in [0.29, 0.717) is 6.54 Å². The summed E-state index contributed by atoms with van der Waals surface area (Å²) < 4.78 is 0.985. The second-order valence-corrected chi connectivity index (χ2v) is 5.58. The SMILES string of the molecule is CCN(C)CCNC(=O)c1csc(Br)c1. The lowest BCUT2D eigenvalue weighted by molar-refractivity contribution is 0.0950. The predicted molar refractivity (Wildman–Crippen MR) is 67.5 cm³/mol. The molecule has 1 heterocycles. The van der Waals surface area contributed by atoms with Crippen molar-refractivity contribution in [1.29, 1.82) is 0 Å². The van der Waals surface area contributed by atoms with Crippen LogP contribution in [0.1, 0.15) is 17.3 Å². The van der Waals surface area contributed by atoms with E-state index in [2.05, 4.69) is 33.1 Å². The molecule has 0 aliphatic heterocycles. The lowest BCUT2D eigenvalue weighted by atomic mass is 10.3. The van der Waals surface area contributed by atoms with E-state index in [1.807, 2.05) is 18.5 Å². The molecule has 0 spiro atoms. The lowest BCUT2D eigenvalue weighted by Crippen LogP contribution is -2.32. The second kappa shape index (κ2) is 6.25. The third-order valence-electron chi connectivity index (χ3n) is 2.15. The minimum atomic E-state index is 0.00135. The quantitative estimate of drug-likeness (QED) is 0.902. The molecule has 84 valence electrons. The fraction of sp³-hybridized carbons (Fsp3) is 0.500. The number of carbonyl (C=O) groups excluding carboxylic acids is 1. The van der Waals surface area contributed by atoms with Crippen LogP contribution >= 0.6 is 27.3 Å². The smallest absolute Gasteiger partial charge is 0.252 e. The van der Waals surface area contributed by atoms with E-state index < -0.39 is 0 Å². The number of likely N-dealkylation sites (N-methyl/N-ethyl adjacent to an activating group) is 1.